The first-order chi connectivity index (χ1) is 8.72. The first-order valence-corrected chi connectivity index (χ1v) is 7.18. The number of hydrogen-bond acceptors (Lipinski definition) is 3. The Morgan fingerprint density at radius 2 is 2.33 bits per heavy atom. The number of aryl methyl sites for hydroxylation is 1. The normalized spacial score (nSPS) is 21.4. The fourth-order valence-electron chi connectivity index (χ4n) is 2.87. The Labute approximate surface area is 111 Å². The average molecular weight is 250 g/mol. The standard InChI is InChI=1S/C15H26N2O/c1-4-13-6-5-7-17(10-13)11-14-8-15(9-16-3)18-12(14)2/h8,13,16H,4-7,9-11H2,1-3H3. The predicted molar refractivity (Wildman–Crippen MR) is 74.5 cm³/mol. The van der Waals surface area contributed by atoms with Crippen LogP contribution in [0.3, 0.4) is 0 Å². The van der Waals surface area contributed by atoms with Crippen molar-refractivity contribution in [2.45, 2.75) is 46.2 Å². The SMILES string of the molecule is CCC1CCCN(Cc2cc(CNC)oc2C)C1. The monoisotopic (exact) mass is 250 g/mol. The third-order valence-electron chi connectivity index (χ3n) is 4.00. The maximum Gasteiger partial charge on any atom is 0.118 e. The van der Waals surface area contributed by atoms with Gasteiger partial charge in [0.05, 0.1) is 6.54 Å². The van der Waals surface area contributed by atoms with Gasteiger partial charge >= 0.3 is 0 Å². The molecule has 1 saturated heterocycles. The lowest BCUT2D eigenvalue weighted by Gasteiger charge is -2.32. The number of furan rings is 1. The van der Waals surface area contributed by atoms with Crippen LogP contribution >= 0.6 is 0 Å². The van der Waals surface area contributed by atoms with E-state index in [1.54, 1.807) is 0 Å². The molecule has 2 heterocycles. The van der Waals surface area contributed by atoms with Gasteiger partial charge in [-0.15, -0.1) is 0 Å². The molecule has 0 radical (unpaired) electrons. The Kier molecular flexibility index (Phi) is 4.84. The second-order valence-corrected chi connectivity index (χ2v) is 5.48. The molecule has 3 heteroatoms. The molecule has 0 spiro atoms. The molecule has 1 unspecified atom stereocenters. The van der Waals surface area contributed by atoms with E-state index in [1.807, 2.05) is 7.05 Å². The van der Waals surface area contributed by atoms with E-state index in [0.717, 1.165) is 30.5 Å². The lowest BCUT2D eigenvalue weighted by atomic mass is 9.95. The molecule has 0 aromatic carbocycles. The highest BCUT2D eigenvalue weighted by atomic mass is 16.3. The van der Waals surface area contributed by atoms with Crippen LogP contribution in [0.2, 0.25) is 0 Å². The molecule has 1 aliphatic heterocycles. The van der Waals surface area contributed by atoms with Crippen molar-refractivity contribution in [2.24, 2.45) is 5.92 Å². The van der Waals surface area contributed by atoms with Crippen LogP contribution < -0.4 is 5.32 Å². The maximum atomic E-state index is 5.76. The fraction of sp³-hybridized carbons (Fsp3) is 0.733. The molecule has 0 saturated carbocycles. The fourth-order valence-corrected chi connectivity index (χ4v) is 2.87. The minimum absolute atomic E-state index is 0.818. The van der Waals surface area contributed by atoms with Gasteiger partial charge in [-0.05, 0) is 45.3 Å². The van der Waals surface area contributed by atoms with Crippen LogP contribution in [0.25, 0.3) is 0 Å². The van der Waals surface area contributed by atoms with Crippen molar-refractivity contribution in [2.75, 3.05) is 20.1 Å². The number of likely N-dealkylation sites (tertiary alicyclic amines) is 1. The van der Waals surface area contributed by atoms with E-state index >= 15 is 0 Å². The van der Waals surface area contributed by atoms with Crippen LogP contribution in [-0.2, 0) is 13.1 Å². The Hall–Kier alpha value is -0.800. The Bertz CT molecular complexity index is 373. The highest BCUT2D eigenvalue weighted by Crippen LogP contribution is 2.23. The summed E-state index contributed by atoms with van der Waals surface area (Å²) >= 11 is 0. The van der Waals surface area contributed by atoms with Crippen molar-refractivity contribution in [3.63, 3.8) is 0 Å². The van der Waals surface area contributed by atoms with Crippen molar-refractivity contribution >= 4 is 0 Å². The molecule has 1 N–H and O–H groups in total. The van der Waals surface area contributed by atoms with Gasteiger partial charge in [0.2, 0.25) is 0 Å². The van der Waals surface area contributed by atoms with Gasteiger partial charge in [0, 0.05) is 18.7 Å². The number of nitrogens with zero attached hydrogens (tertiary/aromatic N) is 1. The molecule has 1 aromatic rings. The van der Waals surface area contributed by atoms with Gasteiger partial charge in [-0.25, -0.2) is 0 Å². The maximum absolute atomic E-state index is 5.76. The van der Waals surface area contributed by atoms with E-state index in [9.17, 15) is 0 Å². The Morgan fingerprint density at radius 1 is 1.50 bits per heavy atom. The van der Waals surface area contributed by atoms with E-state index in [2.05, 4.69) is 30.1 Å². The molecule has 1 atom stereocenters. The van der Waals surface area contributed by atoms with Crippen molar-refractivity contribution in [1.29, 1.82) is 0 Å². The quantitative estimate of drug-likeness (QED) is 0.871. The van der Waals surface area contributed by atoms with Crippen LogP contribution in [0.4, 0.5) is 0 Å². The number of rotatable bonds is 5. The predicted octanol–water partition coefficient (Wildman–Crippen LogP) is 2.93. The molecule has 102 valence electrons. The molecule has 1 aromatic heterocycles. The minimum Gasteiger partial charge on any atom is -0.465 e. The number of hydrogen-bond donors (Lipinski definition) is 1. The second kappa shape index (κ2) is 6.39. The van der Waals surface area contributed by atoms with E-state index in [1.165, 1.54) is 37.9 Å². The largest absolute Gasteiger partial charge is 0.465 e. The van der Waals surface area contributed by atoms with E-state index in [0.29, 0.717) is 0 Å². The van der Waals surface area contributed by atoms with Gasteiger partial charge < -0.3 is 9.73 Å². The van der Waals surface area contributed by atoms with Crippen molar-refractivity contribution in [3.05, 3.63) is 23.2 Å². The summed E-state index contributed by atoms with van der Waals surface area (Å²) in [5, 5.41) is 3.14. The summed E-state index contributed by atoms with van der Waals surface area (Å²) in [5.74, 6) is 3.02. The van der Waals surface area contributed by atoms with Gasteiger partial charge in [0.1, 0.15) is 11.5 Å². The zero-order valence-electron chi connectivity index (χ0n) is 12.0. The Balaban J connectivity index is 1.95. The minimum atomic E-state index is 0.818. The third-order valence-corrected chi connectivity index (χ3v) is 4.00. The van der Waals surface area contributed by atoms with Crippen molar-refractivity contribution in [3.8, 4) is 0 Å². The summed E-state index contributed by atoms with van der Waals surface area (Å²) in [7, 11) is 1.95. The molecule has 0 amide bonds. The average Bonchev–Trinajstić information content (AvgIpc) is 2.70. The molecule has 3 nitrogen and oxygen atoms in total. The van der Waals surface area contributed by atoms with Crippen LogP contribution in [0.1, 0.15) is 43.3 Å². The summed E-state index contributed by atoms with van der Waals surface area (Å²) in [6.45, 7) is 8.75. The molecular formula is C15H26N2O. The zero-order chi connectivity index (χ0) is 13.0. The molecule has 2 rings (SSSR count). The van der Waals surface area contributed by atoms with E-state index in [-0.39, 0.29) is 0 Å². The van der Waals surface area contributed by atoms with Crippen LogP contribution in [0, 0.1) is 12.8 Å². The van der Waals surface area contributed by atoms with Crippen molar-refractivity contribution < 1.29 is 4.42 Å². The first-order valence-electron chi connectivity index (χ1n) is 7.18. The van der Waals surface area contributed by atoms with Gasteiger partial charge in [0.15, 0.2) is 0 Å². The second-order valence-electron chi connectivity index (χ2n) is 5.48. The molecular weight excluding hydrogens is 224 g/mol. The summed E-state index contributed by atoms with van der Waals surface area (Å²) in [6.07, 6.45) is 4.06. The van der Waals surface area contributed by atoms with Crippen LogP contribution in [-0.4, -0.2) is 25.0 Å². The van der Waals surface area contributed by atoms with Crippen molar-refractivity contribution in [1.82, 2.24) is 10.2 Å². The van der Waals surface area contributed by atoms with Gasteiger partial charge in [-0.3, -0.25) is 4.90 Å². The molecule has 1 fully saturated rings. The summed E-state index contributed by atoms with van der Waals surface area (Å²) in [6, 6.07) is 2.21. The highest BCUT2D eigenvalue weighted by Gasteiger charge is 2.19. The smallest absolute Gasteiger partial charge is 0.118 e. The van der Waals surface area contributed by atoms with Gasteiger partial charge in [-0.2, -0.15) is 0 Å². The van der Waals surface area contributed by atoms with E-state index in [4.69, 9.17) is 4.42 Å². The topological polar surface area (TPSA) is 28.4 Å². The van der Waals surface area contributed by atoms with Crippen LogP contribution in [0.15, 0.2) is 10.5 Å². The molecule has 0 aliphatic carbocycles. The third kappa shape index (κ3) is 3.36. The summed E-state index contributed by atoms with van der Waals surface area (Å²) in [4.78, 5) is 2.58. The highest BCUT2D eigenvalue weighted by molar-refractivity contribution is 5.20. The molecule has 0 bridgehead atoms. The van der Waals surface area contributed by atoms with Gasteiger partial charge in [-0.1, -0.05) is 13.3 Å². The summed E-state index contributed by atoms with van der Waals surface area (Å²) in [5.41, 5.74) is 1.36. The van der Waals surface area contributed by atoms with Crippen LogP contribution in [0.5, 0.6) is 0 Å². The lowest BCUT2D eigenvalue weighted by molar-refractivity contribution is 0.164. The zero-order valence-corrected chi connectivity index (χ0v) is 12.0. The van der Waals surface area contributed by atoms with Gasteiger partial charge in [0.25, 0.3) is 0 Å². The first kappa shape index (κ1) is 13.6. The number of piperidine rings is 1. The lowest BCUT2D eigenvalue weighted by Crippen LogP contribution is -2.34. The summed E-state index contributed by atoms with van der Waals surface area (Å²) < 4.78 is 5.76. The van der Waals surface area contributed by atoms with E-state index < -0.39 is 0 Å². The molecule has 1 aliphatic rings. The Morgan fingerprint density at radius 3 is 3.06 bits per heavy atom. The molecule has 18 heavy (non-hydrogen) atoms. The number of nitrogens with one attached hydrogen (secondary N) is 1.